The van der Waals surface area contributed by atoms with Crippen molar-refractivity contribution in [1.82, 2.24) is 4.98 Å². The summed E-state index contributed by atoms with van der Waals surface area (Å²) in [6, 6.07) is 1.33. The van der Waals surface area contributed by atoms with Gasteiger partial charge in [-0.25, -0.2) is 9.37 Å². The van der Waals surface area contributed by atoms with Gasteiger partial charge in [-0.05, 0) is 6.92 Å². The van der Waals surface area contributed by atoms with E-state index in [1.165, 1.54) is 11.3 Å². The van der Waals surface area contributed by atoms with Crippen LogP contribution in [0.25, 0.3) is 0 Å². The van der Waals surface area contributed by atoms with E-state index >= 15 is 0 Å². The third kappa shape index (κ3) is 3.02. The molecule has 0 spiro atoms. The summed E-state index contributed by atoms with van der Waals surface area (Å²) in [4.78, 5) is 13.8. The molecular formula is C11H9F2N3O2S. The van der Waals surface area contributed by atoms with Crippen LogP contribution in [-0.2, 0) is 6.54 Å². The number of hydrogen-bond acceptors (Lipinski definition) is 5. The molecular weight excluding hydrogens is 276 g/mol. The Morgan fingerprint density at radius 2 is 2.16 bits per heavy atom. The van der Waals surface area contributed by atoms with Crippen molar-refractivity contribution in [2.24, 2.45) is 0 Å². The fourth-order valence-corrected chi connectivity index (χ4v) is 2.18. The Kier molecular flexibility index (Phi) is 3.70. The van der Waals surface area contributed by atoms with Crippen molar-refractivity contribution in [1.29, 1.82) is 0 Å². The van der Waals surface area contributed by atoms with Gasteiger partial charge >= 0.3 is 5.69 Å². The molecule has 100 valence electrons. The molecule has 0 saturated carbocycles. The van der Waals surface area contributed by atoms with Gasteiger partial charge in [-0.15, -0.1) is 11.3 Å². The minimum Gasteiger partial charge on any atom is -0.376 e. The first-order chi connectivity index (χ1) is 8.97. The zero-order valence-electron chi connectivity index (χ0n) is 9.81. The molecule has 1 N–H and O–H groups in total. The van der Waals surface area contributed by atoms with Crippen LogP contribution in [-0.4, -0.2) is 9.91 Å². The number of rotatable bonds is 4. The van der Waals surface area contributed by atoms with E-state index in [2.05, 4.69) is 10.3 Å². The van der Waals surface area contributed by atoms with Crippen LogP contribution < -0.4 is 5.32 Å². The number of benzene rings is 1. The molecule has 19 heavy (non-hydrogen) atoms. The van der Waals surface area contributed by atoms with E-state index in [0.717, 1.165) is 11.8 Å². The minimum atomic E-state index is -1.20. The molecule has 0 aliphatic rings. The average Bonchev–Trinajstić information content (AvgIpc) is 2.73. The van der Waals surface area contributed by atoms with E-state index < -0.39 is 22.2 Å². The van der Waals surface area contributed by atoms with Crippen LogP contribution in [0.1, 0.15) is 10.7 Å². The molecule has 8 heteroatoms. The van der Waals surface area contributed by atoms with E-state index in [1.54, 1.807) is 0 Å². The van der Waals surface area contributed by atoms with Crippen LogP contribution in [0.5, 0.6) is 0 Å². The van der Waals surface area contributed by atoms with Crippen molar-refractivity contribution in [2.75, 3.05) is 5.32 Å². The number of hydrogen-bond donors (Lipinski definition) is 1. The highest BCUT2D eigenvalue weighted by Crippen LogP contribution is 2.25. The second-order valence-electron chi connectivity index (χ2n) is 3.78. The lowest BCUT2D eigenvalue weighted by molar-refractivity contribution is -0.387. The van der Waals surface area contributed by atoms with Crippen LogP contribution in [0.15, 0.2) is 17.5 Å². The number of nitrogens with one attached hydrogen (secondary N) is 1. The van der Waals surface area contributed by atoms with Gasteiger partial charge in [0.15, 0.2) is 0 Å². The van der Waals surface area contributed by atoms with E-state index in [-0.39, 0.29) is 12.2 Å². The van der Waals surface area contributed by atoms with Gasteiger partial charge in [-0.1, -0.05) is 0 Å². The number of aromatic nitrogens is 1. The molecule has 0 radical (unpaired) electrons. The number of nitro groups is 1. The Balaban J connectivity index is 2.20. The zero-order valence-corrected chi connectivity index (χ0v) is 10.6. The summed E-state index contributed by atoms with van der Waals surface area (Å²) >= 11 is 1.38. The summed E-state index contributed by atoms with van der Waals surface area (Å²) in [5, 5.41) is 15.8. The monoisotopic (exact) mass is 285 g/mol. The fourth-order valence-electron chi connectivity index (χ4n) is 1.47. The van der Waals surface area contributed by atoms with Crippen molar-refractivity contribution >= 4 is 22.7 Å². The first-order valence-electron chi connectivity index (χ1n) is 5.25. The SMILES string of the molecule is Cc1csc(CNc2cc([N+](=O)[O-])c(F)cc2F)n1. The Morgan fingerprint density at radius 3 is 2.74 bits per heavy atom. The highest BCUT2D eigenvalue weighted by Gasteiger charge is 2.18. The smallest absolute Gasteiger partial charge is 0.307 e. The number of nitrogens with zero attached hydrogens (tertiary/aromatic N) is 2. The summed E-state index contributed by atoms with van der Waals surface area (Å²) in [6.45, 7) is 2.04. The summed E-state index contributed by atoms with van der Waals surface area (Å²) in [5.41, 5.74) is -0.0486. The minimum absolute atomic E-state index is 0.124. The molecule has 0 bridgehead atoms. The predicted molar refractivity (Wildman–Crippen MR) is 67.2 cm³/mol. The molecule has 0 fully saturated rings. The first-order valence-corrected chi connectivity index (χ1v) is 6.13. The van der Waals surface area contributed by atoms with Gasteiger partial charge in [0.05, 0.1) is 17.2 Å². The molecule has 2 rings (SSSR count). The molecule has 0 aliphatic heterocycles. The van der Waals surface area contributed by atoms with Crippen molar-refractivity contribution in [3.05, 3.63) is 50.0 Å². The van der Waals surface area contributed by atoms with Gasteiger partial charge in [-0.2, -0.15) is 4.39 Å². The fraction of sp³-hybridized carbons (Fsp3) is 0.182. The Labute approximate surface area is 111 Å². The second-order valence-corrected chi connectivity index (χ2v) is 4.72. The van der Waals surface area contributed by atoms with Crippen LogP contribution >= 0.6 is 11.3 Å². The normalized spacial score (nSPS) is 10.5. The van der Waals surface area contributed by atoms with E-state index in [9.17, 15) is 18.9 Å². The van der Waals surface area contributed by atoms with Gasteiger partial charge in [0, 0.05) is 23.2 Å². The Hall–Kier alpha value is -2.09. The number of anilines is 1. The molecule has 1 aromatic carbocycles. The molecule has 1 heterocycles. The van der Waals surface area contributed by atoms with E-state index in [4.69, 9.17) is 0 Å². The molecule has 1 aromatic heterocycles. The summed E-state index contributed by atoms with van der Waals surface area (Å²) in [5.74, 6) is -2.07. The largest absolute Gasteiger partial charge is 0.376 e. The standard InChI is InChI=1S/C11H9F2N3O2S/c1-6-5-19-11(15-6)4-14-9-3-10(16(17)18)8(13)2-7(9)12/h2-3,5,14H,4H2,1H3. The highest BCUT2D eigenvalue weighted by molar-refractivity contribution is 7.09. The quantitative estimate of drug-likeness (QED) is 0.691. The topological polar surface area (TPSA) is 68.1 Å². The van der Waals surface area contributed by atoms with Crippen LogP contribution in [0.3, 0.4) is 0 Å². The third-order valence-corrected chi connectivity index (χ3v) is 3.30. The maximum Gasteiger partial charge on any atom is 0.307 e. The molecule has 0 unspecified atom stereocenters. The van der Waals surface area contributed by atoms with Gasteiger partial charge in [0.1, 0.15) is 10.8 Å². The molecule has 0 amide bonds. The summed E-state index contributed by atoms with van der Waals surface area (Å²) in [6.07, 6.45) is 0. The van der Waals surface area contributed by atoms with Crippen LogP contribution in [0.2, 0.25) is 0 Å². The lowest BCUT2D eigenvalue weighted by Gasteiger charge is -2.06. The van der Waals surface area contributed by atoms with Crippen molar-refractivity contribution in [2.45, 2.75) is 13.5 Å². The van der Waals surface area contributed by atoms with E-state index in [1.807, 2.05) is 12.3 Å². The molecule has 0 atom stereocenters. The maximum absolute atomic E-state index is 13.5. The summed E-state index contributed by atoms with van der Waals surface area (Å²) in [7, 11) is 0. The molecule has 2 aromatic rings. The molecule has 0 aliphatic carbocycles. The Bertz CT molecular complexity index is 630. The lowest BCUT2D eigenvalue weighted by Crippen LogP contribution is -2.03. The van der Waals surface area contributed by atoms with Crippen molar-refractivity contribution in [3.63, 3.8) is 0 Å². The van der Waals surface area contributed by atoms with Crippen LogP contribution in [0.4, 0.5) is 20.2 Å². The number of halogens is 2. The van der Waals surface area contributed by atoms with Gasteiger partial charge < -0.3 is 5.32 Å². The predicted octanol–water partition coefficient (Wildman–Crippen LogP) is 3.25. The molecule has 5 nitrogen and oxygen atoms in total. The highest BCUT2D eigenvalue weighted by atomic mass is 32.1. The van der Waals surface area contributed by atoms with Crippen molar-refractivity contribution in [3.8, 4) is 0 Å². The van der Waals surface area contributed by atoms with Gasteiger partial charge in [0.2, 0.25) is 5.82 Å². The van der Waals surface area contributed by atoms with Crippen molar-refractivity contribution < 1.29 is 13.7 Å². The first kappa shape index (κ1) is 13.3. The van der Waals surface area contributed by atoms with E-state index in [0.29, 0.717) is 11.1 Å². The average molecular weight is 285 g/mol. The lowest BCUT2D eigenvalue weighted by atomic mass is 10.2. The second kappa shape index (κ2) is 5.27. The zero-order chi connectivity index (χ0) is 14.0. The van der Waals surface area contributed by atoms with Crippen LogP contribution in [0, 0.1) is 28.7 Å². The third-order valence-electron chi connectivity index (χ3n) is 2.33. The van der Waals surface area contributed by atoms with Gasteiger partial charge in [-0.3, -0.25) is 10.1 Å². The maximum atomic E-state index is 13.5. The Morgan fingerprint density at radius 1 is 1.42 bits per heavy atom. The number of aryl methyl sites for hydroxylation is 1. The number of nitro benzene ring substituents is 1. The summed E-state index contributed by atoms with van der Waals surface area (Å²) < 4.78 is 26.6. The number of thiazole rings is 1. The van der Waals surface area contributed by atoms with Gasteiger partial charge in [0.25, 0.3) is 0 Å². The molecule has 0 saturated heterocycles.